The molecule has 2 saturated carbocycles. The minimum atomic E-state index is 0.644. The van der Waals surface area contributed by atoms with Gasteiger partial charge in [0.25, 0.3) is 0 Å². The molecule has 2 fully saturated rings. The zero-order chi connectivity index (χ0) is 14.0. The van der Waals surface area contributed by atoms with Crippen LogP contribution in [0.4, 0.5) is 0 Å². The van der Waals surface area contributed by atoms with Crippen LogP contribution in [0.25, 0.3) is 0 Å². The van der Waals surface area contributed by atoms with E-state index in [1.54, 1.807) is 7.11 Å². The maximum atomic E-state index is 5.62. The van der Waals surface area contributed by atoms with Gasteiger partial charge in [-0.2, -0.15) is 0 Å². The number of hydrogen-bond donors (Lipinski definition) is 1. The zero-order valence-corrected chi connectivity index (χ0v) is 12.6. The fourth-order valence-corrected chi connectivity index (χ4v) is 3.23. The first-order valence-electron chi connectivity index (χ1n) is 7.78. The molecular weight excluding hydrogens is 250 g/mol. The average Bonchev–Trinajstić information content (AvgIpc) is 3.32. The van der Waals surface area contributed by atoms with Crippen LogP contribution in [0.5, 0.6) is 11.5 Å². The van der Waals surface area contributed by atoms with Gasteiger partial charge in [-0.3, -0.25) is 0 Å². The fraction of sp³-hybridized carbons (Fsp3) is 0.647. The van der Waals surface area contributed by atoms with Crippen LogP contribution in [0.2, 0.25) is 0 Å². The van der Waals surface area contributed by atoms with E-state index in [2.05, 4.69) is 11.4 Å². The molecule has 3 nitrogen and oxygen atoms in total. The Labute approximate surface area is 121 Å². The summed E-state index contributed by atoms with van der Waals surface area (Å²) in [6.07, 6.45) is 5.73. The van der Waals surface area contributed by atoms with Crippen LogP contribution >= 0.6 is 0 Å². The van der Waals surface area contributed by atoms with E-state index >= 15 is 0 Å². The molecule has 1 aromatic rings. The number of rotatable bonds is 8. The van der Waals surface area contributed by atoms with Crippen molar-refractivity contribution in [2.24, 2.45) is 11.3 Å². The molecule has 0 aliphatic heterocycles. The van der Waals surface area contributed by atoms with Crippen molar-refractivity contribution in [2.75, 3.05) is 20.3 Å². The van der Waals surface area contributed by atoms with Crippen LogP contribution in [-0.4, -0.2) is 20.3 Å². The summed E-state index contributed by atoms with van der Waals surface area (Å²) in [5.74, 6) is 2.72. The first-order chi connectivity index (χ1) is 9.79. The van der Waals surface area contributed by atoms with E-state index in [0.29, 0.717) is 12.0 Å². The molecule has 0 heterocycles. The largest absolute Gasteiger partial charge is 0.493 e. The molecule has 1 aromatic carbocycles. The van der Waals surface area contributed by atoms with Crippen molar-refractivity contribution >= 4 is 0 Å². The van der Waals surface area contributed by atoms with Gasteiger partial charge >= 0.3 is 0 Å². The van der Waals surface area contributed by atoms with Crippen LogP contribution in [0.1, 0.15) is 38.2 Å². The van der Waals surface area contributed by atoms with E-state index < -0.39 is 0 Å². The lowest BCUT2D eigenvalue weighted by molar-refractivity contribution is 0.308. The van der Waals surface area contributed by atoms with Gasteiger partial charge in [0.1, 0.15) is 0 Å². The van der Waals surface area contributed by atoms with Gasteiger partial charge in [0.15, 0.2) is 11.5 Å². The highest BCUT2D eigenvalue weighted by atomic mass is 16.5. The molecule has 110 valence electrons. The third-order valence-corrected chi connectivity index (χ3v) is 4.69. The fourth-order valence-electron chi connectivity index (χ4n) is 3.23. The second-order valence-electron chi connectivity index (χ2n) is 6.12. The van der Waals surface area contributed by atoms with Gasteiger partial charge in [-0.15, -0.1) is 0 Å². The van der Waals surface area contributed by atoms with Crippen molar-refractivity contribution in [3.8, 4) is 11.5 Å². The Morgan fingerprint density at radius 3 is 2.70 bits per heavy atom. The summed E-state index contributed by atoms with van der Waals surface area (Å²) in [6.45, 7) is 4.67. The molecular formula is C17H25NO2. The predicted molar refractivity (Wildman–Crippen MR) is 80.3 cm³/mol. The first kappa shape index (κ1) is 13.7. The summed E-state index contributed by atoms with van der Waals surface area (Å²) in [7, 11) is 1.72. The molecule has 3 rings (SSSR count). The number of hydrogen-bond acceptors (Lipinski definition) is 3. The summed E-state index contributed by atoms with van der Waals surface area (Å²) < 4.78 is 11.1. The van der Waals surface area contributed by atoms with Gasteiger partial charge in [0, 0.05) is 18.7 Å². The van der Waals surface area contributed by atoms with Crippen LogP contribution in [0, 0.1) is 11.3 Å². The van der Waals surface area contributed by atoms with E-state index in [1.165, 1.54) is 31.2 Å². The summed E-state index contributed by atoms with van der Waals surface area (Å²) in [4.78, 5) is 0. The standard InChI is InChI=1S/C17H25NO2/c1-3-20-15-6-4-5-13(16(15)19-2)11-18-12-17(9-10-17)14-7-8-14/h4-6,14,18H,3,7-12H2,1-2H3. The van der Waals surface area contributed by atoms with E-state index in [0.717, 1.165) is 30.5 Å². The van der Waals surface area contributed by atoms with Crippen LogP contribution < -0.4 is 14.8 Å². The summed E-state index contributed by atoms with van der Waals surface area (Å²) in [6, 6.07) is 6.13. The Bertz CT molecular complexity index is 464. The van der Waals surface area contributed by atoms with Gasteiger partial charge in [-0.25, -0.2) is 0 Å². The number of methoxy groups -OCH3 is 1. The minimum Gasteiger partial charge on any atom is -0.493 e. The highest BCUT2D eigenvalue weighted by Gasteiger charge is 2.53. The molecule has 0 amide bonds. The molecule has 2 aliphatic carbocycles. The average molecular weight is 275 g/mol. The molecule has 0 unspecified atom stereocenters. The van der Waals surface area contributed by atoms with Crippen molar-refractivity contribution in [3.63, 3.8) is 0 Å². The van der Waals surface area contributed by atoms with Gasteiger partial charge in [-0.05, 0) is 50.0 Å². The number of benzene rings is 1. The maximum Gasteiger partial charge on any atom is 0.165 e. The monoisotopic (exact) mass is 275 g/mol. The van der Waals surface area contributed by atoms with Gasteiger partial charge in [0.2, 0.25) is 0 Å². The molecule has 0 radical (unpaired) electrons. The maximum absolute atomic E-state index is 5.62. The molecule has 2 aliphatic rings. The molecule has 0 bridgehead atoms. The molecule has 3 heteroatoms. The number of ether oxygens (including phenoxy) is 2. The van der Waals surface area contributed by atoms with E-state index in [-0.39, 0.29) is 0 Å². The Morgan fingerprint density at radius 2 is 2.10 bits per heavy atom. The van der Waals surface area contributed by atoms with Gasteiger partial charge in [0.05, 0.1) is 13.7 Å². The highest BCUT2D eigenvalue weighted by molar-refractivity contribution is 5.46. The van der Waals surface area contributed by atoms with E-state index in [4.69, 9.17) is 9.47 Å². The molecule has 1 N–H and O–H groups in total. The molecule has 0 saturated heterocycles. The second kappa shape index (κ2) is 5.65. The Hall–Kier alpha value is -1.22. The normalized spacial score (nSPS) is 19.7. The third kappa shape index (κ3) is 2.78. The summed E-state index contributed by atoms with van der Waals surface area (Å²) >= 11 is 0. The quantitative estimate of drug-likeness (QED) is 0.789. The topological polar surface area (TPSA) is 30.5 Å². The lowest BCUT2D eigenvalue weighted by Gasteiger charge is -2.17. The third-order valence-electron chi connectivity index (χ3n) is 4.69. The van der Waals surface area contributed by atoms with Crippen molar-refractivity contribution in [1.29, 1.82) is 0 Å². The van der Waals surface area contributed by atoms with Gasteiger partial charge in [-0.1, -0.05) is 12.1 Å². The minimum absolute atomic E-state index is 0.644. The van der Waals surface area contributed by atoms with Crippen LogP contribution in [0.15, 0.2) is 18.2 Å². The van der Waals surface area contributed by atoms with E-state index in [9.17, 15) is 0 Å². The highest BCUT2D eigenvalue weighted by Crippen LogP contribution is 2.60. The Morgan fingerprint density at radius 1 is 1.30 bits per heavy atom. The molecule has 0 spiro atoms. The lowest BCUT2D eigenvalue weighted by Crippen LogP contribution is -2.25. The van der Waals surface area contributed by atoms with E-state index in [1.807, 2.05) is 19.1 Å². The summed E-state index contributed by atoms with van der Waals surface area (Å²) in [5, 5.41) is 3.63. The van der Waals surface area contributed by atoms with Crippen molar-refractivity contribution in [3.05, 3.63) is 23.8 Å². The van der Waals surface area contributed by atoms with Crippen LogP contribution in [0.3, 0.4) is 0 Å². The van der Waals surface area contributed by atoms with Crippen LogP contribution in [-0.2, 0) is 6.54 Å². The first-order valence-corrected chi connectivity index (χ1v) is 7.78. The molecule has 0 atom stereocenters. The van der Waals surface area contributed by atoms with Gasteiger partial charge < -0.3 is 14.8 Å². The number of nitrogens with one attached hydrogen (secondary N) is 1. The smallest absolute Gasteiger partial charge is 0.165 e. The molecule has 0 aromatic heterocycles. The Balaban J connectivity index is 1.60. The zero-order valence-electron chi connectivity index (χ0n) is 12.6. The van der Waals surface area contributed by atoms with Crippen molar-refractivity contribution < 1.29 is 9.47 Å². The SMILES string of the molecule is CCOc1cccc(CNCC2(C3CC3)CC2)c1OC. The van der Waals surface area contributed by atoms with Crippen molar-refractivity contribution in [2.45, 2.75) is 39.2 Å². The van der Waals surface area contributed by atoms with Crippen molar-refractivity contribution in [1.82, 2.24) is 5.32 Å². The predicted octanol–water partition coefficient (Wildman–Crippen LogP) is 3.37. The lowest BCUT2D eigenvalue weighted by atomic mass is 10.0. The summed E-state index contributed by atoms with van der Waals surface area (Å²) in [5.41, 5.74) is 1.83. The number of para-hydroxylation sites is 1. The molecule has 20 heavy (non-hydrogen) atoms. The Kier molecular flexibility index (Phi) is 3.88. The second-order valence-corrected chi connectivity index (χ2v) is 6.12.